The van der Waals surface area contributed by atoms with E-state index in [0.29, 0.717) is 0 Å². The van der Waals surface area contributed by atoms with E-state index in [2.05, 4.69) is 30.4 Å². The van der Waals surface area contributed by atoms with Crippen molar-refractivity contribution < 1.29 is 0 Å². The van der Waals surface area contributed by atoms with E-state index in [9.17, 15) is 0 Å². The molecule has 0 spiro atoms. The second kappa shape index (κ2) is 2.98. The molecule has 2 aliphatic rings. The topological polar surface area (TPSA) is 0 Å². The lowest BCUT2D eigenvalue weighted by atomic mass is 10.1. The summed E-state index contributed by atoms with van der Waals surface area (Å²) in [6.07, 6.45) is 4.43. The fraction of sp³-hybridized carbons (Fsp3) is 1.00. The predicted octanol–water partition coefficient (Wildman–Crippen LogP) is 2.78. The van der Waals surface area contributed by atoms with Crippen molar-refractivity contribution in [2.45, 2.75) is 41.9 Å². The first-order chi connectivity index (χ1) is 4.86. The van der Waals surface area contributed by atoms with Crippen LogP contribution in [0.15, 0.2) is 0 Å². The quantitative estimate of drug-likeness (QED) is 0.554. The first-order valence-electron chi connectivity index (χ1n) is 4.13. The van der Waals surface area contributed by atoms with Crippen LogP contribution in [0.4, 0.5) is 0 Å². The Morgan fingerprint density at radius 2 is 2.20 bits per heavy atom. The average Bonchev–Trinajstić information content (AvgIpc) is 2.27. The Morgan fingerprint density at radius 1 is 1.30 bits per heavy atom. The molecule has 2 aliphatic heterocycles. The van der Waals surface area contributed by atoms with E-state index in [0.717, 1.165) is 15.7 Å². The Bertz CT molecular complexity index is 110. The molecule has 0 saturated carbocycles. The number of hydrogen-bond donors (Lipinski definition) is 0. The van der Waals surface area contributed by atoms with Gasteiger partial charge < -0.3 is 0 Å². The summed E-state index contributed by atoms with van der Waals surface area (Å²) in [5.74, 6) is 1.43. The molecule has 0 aliphatic carbocycles. The molecule has 2 rings (SSSR count). The van der Waals surface area contributed by atoms with Crippen molar-refractivity contribution in [3.05, 3.63) is 0 Å². The Morgan fingerprint density at radius 3 is 3.00 bits per heavy atom. The van der Waals surface area contributed by atoms with Gasteiger partial charge in [-0.05, 0) is 25.0 Å². The molecule has 2 heteroatoms. The minimum Gasteiger partial charge on any atom is -0.157 e. The standard InChI is InChI=1S/C8H14S2/c1-6-5-8-7(10-6)3-2-4-9-8/h6-8H,2-5H2,1H3/t6-,7?,8?/m0/s1. The third-order valence-electron chi connectivity index (χ3n) is 2.35. The maximum atomic E-state index is 2.38. The number of thioether (sulfide) groups is 2. The fourth-order valence-electron chi connectivity index (χ4n) is 1.87. The van der Waals surface area contributed by atoms with Gasteiger partial charge in [0.15, 0.2) is 0 Å². The van der Waals surface area contributed by atoms with Crippen LogP contribution < -0.4 is 0 Å². The van der Waals surface area contributed by atoms with E-state index in [-0.39, 0.29) is 0 Å². The van der Waals surface area contributed by atoms with Crippen LogP contribution in [0.3, 0.4) is 0 Å². The molecule has 0 N–H and O–H groups in total. The van der Waals surface area contributed by atoms with Gasteiger partial charge in [0, 0.05) is 15.7 Å². The molecule has 2 fully saturated rings. The molecule has 2 unspecified atom stereocenters. The van der Waals surface area contributed by atoms with Gasteiger partial charge in [-0.3, -0.25) is 0 Å². The minimum atomic E-state index is 0.945. The van der Waals surface area contributed by atoms with Gasteiger partial charge in [0.2, 0.25) is 0 Å². The van der Waals surface area contributed by atoms with Crippen molar-refractivity contribution in [2.24, 2.45) is 0 Å². The van der Waals surface area contributed by atoms with Gasteiger partial charge in [-0.2, -0.15) is 23.5 Å². The van der Waals surface area contributed by atoms with Crippen LogP contribution in [-0.4, -0.2) is 21.5 Å². The summed E-state index contributed by atoms with van der Waals surface area (Å²) in [5.41, 5.74) is 0. The van der Waals surface area contributed by atoms with Crippen molar-refractivity contribution in [1.29, 1.82) is 0 Å². The molecule has 0 aromatic rings. The van der Waals surface area contributed by atoms with E-state index in [1.54, 1.807) is 0 Å². The zero-order chi connectivity index (χ0) is 6.97. The zero-order valence-corrected chi connectivity index (χ0v) is 8.01. The van der Waals surface area contributed by atoms with Crippen molar-refractivity contribution in [3.63, 3.8) is 0 Å². The summed E-state index contributed by atoms with van der Waals surface area (Å²) in [7, 11) is 0. The van der Waals surface area contributed by atoms with Gasteiger partial charge in [-0.1, -0.05) is 6.92 Å². The normalized spacial score (nSPS) is 47.1. The van der Waals surface area contributed by atoms with Gasteiger partial charge in [0.05, 0.1) is 0 Å². The predicted molar refractivity (Wildman–Crippen MR) is 50.9 cm³/mol. The van der Waals surface area contributed by atoms with E-state index in [4.69, 9.17) is 0 Å². The maximum absolute atomic E-state index is 2.38. The highest BCUT2D eigenvalue weighted by atomic mass is 32.2. The third-order valence-corrected chi connectivity index (χ3v) is 5.57. The van der Waals surface area contributed by atoms with Crippen molar-refractivity contribution in [1.82, 2.24) is 0 Å². The molecule has 2 saturated heterocycles. The molecule has 0 nitrogen and oxygen atoms in total. The highest BCUT2D eigenvalue weighted by Gasteiger charge is 2.34. The highest BCUT2D eigenvalue weighted by molar-refractivity contribution is 8.05. The van der Waals surface area contributed by atoms with Crippen LogP contribution in [0.2, 0.25) is 0 Å². The smallest absolute Gasteiger partial charge is 0.0177 e. The summed E-state index contributed by atoms with van der Waals surface area (Å²) in [6, 6.07) is 0. The molecule has 0 aromatic carbocycles. The van der Waals surface area contributed by atoms with Crippen molar-refractivity contribution in [2.75, 3.05) is 5.75 Å². The summed E-state index contributed by atoms with van der Waals surface area (Å²) in [6.45, 7) is 2.38. The molecule has 0 amide bonds. The van der Waals surface area contributed by atoms with Crippen LogP contribution in [0.1, 0.15) is 26.2 Å². The zero-order valence-electron chi connectivity index (χ0n) is 6.38. The largest absolute Gasteiger partial charge is 0.157 e. The molecule has 0 bridgehead atoms. The van der Waals surface area contributed by atoms with Crippen molar-refractivity contribution in [3.8, 4) is 0 Å². The van der Waals surface area contributed by atoms with E-state index in [1.165, 1.54) is 25.0 Å². The van der Waals surface area contributed by atoms with Crippen LogP contribution >= 0.6 is 23.5 Å². The molecule has 0 aromatic heterocycles. The van der Waals surface area contributed by atoms with Crippen LogP contribution in [0.5, 0.6) is 0 Å². The fourth-order valence-corrected chi connectivity index (χ4v) is 5.33. The molecule has 2 heterocycles. The Kier molecular flexibility index (Phi) is 2.19. The summed E-state index contributed by atoms with van der Waals surface area (Å²) >= 11 is 4.45. The van der Waals surface area contributed by atoms with Gasteiger partial charge in [-0.25, -0.2) is 0 Å². The van der Waals surface area contributed by atoms with E-state index < -0.39 is 0 Å². The van der Waals surface area contributed by atoms with Gasteiger partial charge in [0.25, 0.3) is 0 Å². The summed E-state index contributed by atoms with van der Waals surface area (Å²) < 4.78 is 0. The Labute approximate surface area is 71.5 Å². The van der Waals surface area contributed by atoms with Gasteiger partial charge >= 0.3 is 0 Å². The first-order valence-corrected chi connectivity index (χ1v) is 6.12. The van der Waals surface area contributed by atoms with E-state index in [1.807, 2.05) is 0 Å². The number of rotatable bonds is 0. The third kappa shape index (κ3) is 1.33. The molecule has 3 atom stereocenters. The second-order valence-corrected chi connectivity index (χ2v) is 6.30. The monoisotopic (exact) mass is 174 g/mol. The minimum absolute atomic E-state index is 0.945. The molecule has 0 radical (unpaired) electrons. The van der Waals surface area contributed by atoms with E-state index >= 15 is 0 Å². The molecule has 10 heavy (non-hydrogen) atoms. The summed E-state index contributed by atoms with van der Waals surface area (Å²) in [5, 5.41) is 2.99. The average molecular weight is 174 g/mol. The van der Waals surface area contributed by atoms with Gasteiger partial charge in [-0.15, -0.1) is 0 Å². The highest BCUT2D eigenvalue weighted by Crippen LogP contribution is 2.45. The van der Waals surface area contributed by atoms with Gasteiger partial charge in [0.1, 0.15) is 0 Å². The first kappa shape index (κ1) is 7.35. The molecular weight excluding hydrogens is 160 g/mol. The Balaban J connectivity index is 1.97. The number of fused-ring (bicyclic) bond motifs is 1. The lowest BCUT2D eigenvalue weighted by molar-refractivity contribution is 0.679. The SMILES string of the molecule is C[C@H]1CC2SCCCC2S1. The van der Waals surface area contributed by atoms with Crippen LogP contribution in [0.25, 0.3) is 0 Å². The number of hydrogen-bond acceptors (Lipinski definition) is 2. The van der Waals surface area contributed by atoms with Crippen LogP contribution in [0, 0.1) is 0 Å². The Hall–Kier alpha value is 0.700. The lowest BCUT2D eigenvalue weighted by Gasteiger charge is -2.22. The molecule has 58 valence electrons. The molecular formula is C8H14S2. The second-order valence-electron chi connectivity index (χ2n) is 3.27. The van der Waals surface area contributed by atoms with Crippen LogP contribution in [-0.2, 0) is 0 Å². The van der Waals surface area contributed by atoms with Crippen molar-refractivity contribution >= 4 is 23.5 Å². The maximum Gasteiger partial charge on any atom is 0.0177 e. The summed E-state index contributed by atoms with van der Waals surface area (Å²) in [4.78, 5) is 0. The lowest BCUT2D eigenvalue weighted by Crippen LogP contribution is -2.19.